The summed E-state index contributed by atoms with van der Waals surface area (Å²) in [5.74, 6) is 0.863. The van der Waals surface area contributed by atoms with E-state index in [-0.39, 0.29) is 0 Å². The summed E-state index contributed by atoms with van der Waals surface area (Å²) in [6, 6.07) is 8.03. The summed E-state index contributed by atoms with van der Waals surface area (Å²) in [6.07, 6.45) is 0.927. The molecule has 0 aliphatic carbocycles. The van der Waals surface area contributed by atoms with Gasteiger partial charge in [-0.2, -0.15) is 0 Å². The summed E-state index contributed by atoms with van der Waals surface area (Å²) in [7, 11) is 1.71. The summed E-state index contributed by atoms with van der Waals surface area (Å²) in [5, 5.41) is 0. The first-order valence-corrected chi connectivity index (χ1v) is 5.85. The van der Waals surface area contributed by atoms with Crippen molar-refractivity contribution in [3.63, 3.8) is 0 Å². The van der Waals surface area contributed by atoms with E-state index in [2.05, 4.69) is 12.1 Å². The van der Waals surface area contributed by atoms with Crippen LogP contribution in [0.3, 0.4) is 0 Å². The van der Waals surface area contributed by atoms with Crippen molar-refractivity contribution in [2.75, 3.05) is 40.1 Å². The zero-order chi connectivity index (χ0) is 12.3. The van der Waals surface area contributed by atoms with Crippen molar-refractivity contribution >= 4 is 0 Å². The largest absolute Gasteiger partial charge is 0.491 e. The van der Waals surface area contributed by atoms with Gasteiger partial charge in [-0.05, 0) is 24.1 Å². The maximum atomic E-state index is 5.51. The van der Waals surface area contributed by atoms with E-state index >= 15 is 0 Å². The molecule has 4 heteroatoms. The van der Waals surface area contributed by atoms with Crippen LogP contribution in [0, 0.1) is 0 Å². The molecule has 4 nitrogen and oxygen atoms in total. The summed E-state index contributed by atoms with van der Waals surface area (Å²) in [6.45, 7) is 3.00. The highest BCUT2D eigenvalue weighted by molar-refractivity contribution is 5.27. The molecule has 0 amide bonds. The van der Waals surface area contributed by atoms with E-state index in [4.69, 9.17) is 19.9 Å². The van der Waals surface area contributed by atoms with Crippen LogP contribution in [-0.4, -0.2) is 40.1 Å². The average Bonchev–Trinajstić information content (AvgIpc) is 2.37. The third-order valence-corrected chi connectivity index (χ3v) is 2.28. The van der Waals surface area contributed by atoms with Gasteiger partial charge in [-0.25, -0.2) is 0 Å². The number of rotatable bonds is 9. The second kappa shape index (κ2) is 8.98. The van der Waals surface area contributed by atoms with E-state index in [1.165, 1.54) is 5.56 Å². The Morgan fingerprint density at radius 3 is 2.41 bits per heavy atom. The van der Waals surface area contributed by atoms with Gasteiger partial charge in [0, 0.05) is 13.7 Å². The monoisotopic (exact) mass is 239 g/mol. The molecule has 2 N–H and O–H groups in total. The maximum Gasteiger partial charge on any atom is 0.119 e. The normalized spacial score (nSPS) is 10.5. The number of hydrogen-bond acceptors (Lipinski definition) is 4. The highest BCUT2D eigenvalue weighted by Gasteiger charge is 1.96. The lowest BCUT2D eigenvalue weighted by Gasteiger charge is -2.07. The third-order valence-electron chi connectivity index (χ3n) is 2.28. The average molecular weight is 239 g/mol. The minimum atomic E-state index is 0.550. The molecule has 0 heterocycles. The minimum Gasteiger partial charge on any atom is -0.491 e. The van der Waals surface area contributed by atoms with Crippen molar-refractivity contribution in [3.8, 4) is 5.75 Å². The number of methoxy groups -OCH3 is 1. The lowest BCUT2D eigenvalue weighted by molar-refractivity contribution is 0.106. The molecule has 0 atom stereocenters. The van der Waals surface area contributed by atoms with Crippen LogP contribution >= 0.6 is 0 Å². The highest BCUT2D eigenvalue weighted by Crippen LogP contribution is 2.12. The summed E-state index contributed by atoms with van der Waals surface area (Å²) in [4.78, 5) is 0. The lowest BCUT2D eigenvalue weighted by atomic mass is 10.1. The van der Waals surface area contributed by atoms with Gasteiger partial charge >= 0.3 is 0 Å². The SMILES string of the molecule is COCCc1ccc(OCCOCCN)cc1. The Morgan fingerprint density at radius 2 is 1.76 bits per heavy atom. The zero-order valence-corrected chi connectivity index (χ0v) is 10.4. The Labute approximate surface area is 103 Å². The molecule has 0 aliphatic rings. The van der Waals surface area contributed by atoms with Crippen LogP contribution in [0.2, 0.25) is 0 Å². The quantitative estimate of drug-likeness (QED) is 0.659. The van der Waals surface area contributed by atoms with Crippen molar-refractivity contribution < 1.29 is 14.2 Å². The fourth-order valence-corrected chi connectivity index (χ4v) is 1.38. The molecule has 1 aromatic rings. The van der Waals surface area contributed by atoms with Crippen LogP contribution in [0.4, 0.5) is 0 Å². The zero-order valence-electron chi connectivity index (χ0n) is 10.4. The van der Waals surface area contributed by atoms with Crippen molar-refractivity contribution in [3.05, 3.63) is 29.8 Å². The predicted octanol–water partition coefficient (Wildman–Crippen LogP) is 1.23. The van der Waals surface area contributed by atoms with E-state index in [0.717, 1.165) is 18.8 Å². The fraction of sp³-hybridized carbons (Fsp3) is 0.538. The van der Waals surface area contributed by atoms with Gasteiger partial charge in [-0.1, -0.05) is 12.1 Å². The lowest BCUT2D eigenvalue weighted by Crippen LogP contribution is -2.13. The Kier molecular flexibility index (Phi) is 7.38. The van der Waals surface area contributed by atoms with Gasteiger partial charge in [0.15, 0.2) is 0 Å². The van der Waals surface area contributed by atoms with Crippen molar-refractivity contribution in [2.45, 2.75) is 6.42 Å². The molecule has 1 rings (SSSR count). The van der Waals surface area contributed by atoms with Gasteiger partial charge in [0.05, 0.1) is 19.8 Å². The van der Waals surface area contributed by atoms with Crippen molar-refractivity contribution in [1.82, 2.24) is 0 Å². The minimum absolute atomic E-state index is 0.550. The number of hydrogen-bond donors (Lipinski definition) is 1. The topological polar surface area (TPSA) is 53.7 Å². The van der Waals surface area contributed by atoms with Gasteiger partial charge in [-0.15, -0.1) is 0 Å². The Morgan fingerprint density at radius 1 is 1.00 bits per heavy atom. The van der Waals surface area contributed by atoms with Gasteiger partial charge in [0.1, 0.15) is 12.4 Å². The van der Waals surface area contributed by atoms with E-state index < -0.39 is 0 Å². The number of benzene rings is 1. The predicted molar refractivity (Wildman–Crippen MR) is 67.4 cm³/mol. The van der Waals surface area contributed by atoms with Crippen LogP contribution < -0.4 is 10.5 Å². The molecule has 0 spiro atoms. The number of nitrogens with two attached hydrogens (primary N) is 1. The molecule has 0 saturated carbocycles. The van der Waals surface area contributed by atoms with E-state index in [0.29, 0.717) is 26.4 Å². The van der Waals surface area contributed by atoms with Crippen LogP contribution in [0.15, 0.2) is 24.3 Å². The molecule has 0 bridgehead atoms. The fourth-order valence-electron chi connectivity index (χ4n) is 1.38. The van der Waals surface area contributed by atoms with Gasteiger partial charge in [-0.3, -0.25) is 0 Å². The third kappa shape index (κ3) is 6.26. The second-order valence-corrected chi connectivity index (χ2v) is 3.64. The van der Waals surface area contributed by atoms with Crippen molar-refractivity contribution in [1.29, 1.82) is 0 Å². The molecule has 0 aromatic heterocycles. The van der Waals surface area contributed by atoms with Crippen LogP contribution in [0.1, 0.15) is 5.56 Å². The standard InChI is InChI=1S/C13H21NO3/c1-15-8-6-12-2-4-13(5-3-12)17-11-10-16-9-7-14/h2-5H,6-11,14H2,1H3. The van der Waals surface area contributed by atoms with E-state index in [1.54, 1.807) is 7.11 Å². The smallest absolute Gasteiger partial charge is 0.119 e. The summed E-state index contributed by atoms with van der Waals surface area (Å²) in [5.41, 5.74) is 6.55. The summed E-state index contributed by atoms with van der Waals surface area (Å²) < 4.78 is 15.8. The Bertz CT molecular complexity index is 287. The molecule has 1 aromatic carbocycles. The first-order valence-electron chi connectivity index (χ1n) is 5.85. The van der Waals surface area contributed by atoms with Gasteiger partial charge < -0.3 is 19.9 Å². The van der Waals surface area contributed by atoms with Crippen LogP contribution in [0.25, 0.3) is 0 Å². The molecular formula is C13H21NO3. The van der Waals surface area contributed by atoms with Gasteiger partial charge in [0.25, 0.3) is 0 Å². The molecule has 0 fully saturated rings. The first-order chi connectivity index (χ1) is 8.36. The number of ether oxygens (including phenoxy) is 3. The molecule has 0 aliphatic heterocycles. The molecular weight excluding hydrogens is 218 g/mol. The van der Waals surface area contributed by atoms with Crippen molar-refractivity contribution in [2.24, 2.45) is 5.73 Å². The van der Waals surface area contributed by atoms with E-state index in [1.807, 2.05) is 12.1 Å². The molecule has 0 unspecified atom stereocenters. The van der Waals surface area contributed by atoms with E-state index in [9.17, 15) is 0 Å². The molecule has 0 saturated heterocycles. The maximum absolute atomic E-state index is 5.51. The van der Waals surface area contributed by atoms with Gasteiger partial charge in [0.2, 0.25) is 0 Å². The van der Waals surface area contributed by atoms with Crippen LogP contribution in [0.5, 0.6) is 5.75 Å². The Hall–Kier alpha value is -1.10. The Balaban J connectivity index is 2.20. The highest BCUT2D eigenvalue weighted by atomic mass is 16.5. The molecule has 0 radical (unpaired) electrons. The first kappa shape index (κ1) is 14.0. The molecule has 96 valence electrons. The second-order valence-electron chi connectivity index (χ2n) is 3.64. The van der Waals surface area contributed by atoms with Crippen LogP contribution in [-0.2, 0) is 15.9 Å². The summed E-state index contributed by atoms with van der Waals surface area (Å²) >= 11 is 0. The molecule has 17 heavy (non-hydrogen) atoms.